The molecule has 0 spiro atoms. The Bertz CT molecular complexity index is 383. The highest BCUT2D eigenvalue weighted by atomic mass is 19.1. The largest absolute Gasteiger partial charge is 0.497 e. The topological polar surface area (TPSA) is 39.7 Å². The lowest BCUT2D eigenvalue weighted by Gasteiger charge is -2.26. The highest BCUT2D eigenvalue weighted by Crippen LogP contribution is 2.25. The van der Waals surface area contributed by atoms with Gasteiger partial charge in [0.15, 0.2) is 6.29 Å². The first kappa shape index (κ1) is 15.9. The third-order valence-electron chi connectivity index (χ3n) is 2.89. The Morgan fingerprint density at radius 2 is 1.89 bits per heavy atom. The van der Waals surface area contributed by atoms with E-state index in [1.165, 1.54) is 27.4 Å². The molecule has 1 atom stereocenters. The van der Waals surface area contributed by atoms with Gasteiger partial charge in [0, 0.05) is 25.8 Å². The molecule has 1 aromatic carbocycles. The summed E-state index contributed by atoms with van der Waals surface area (Å²) in [5.41, 5.74) is 0.503. The molecule has 0 saturated carbocycles. The summed E-state index contributed by atoms with van der Waals surface area (Å²) < 4.78 is 29.6. The van der Waals surface area contributed by atoms with E-state index in [0.29, 0.717) is 11.3 Å². The molecule has 0 aliphatic heterocycles. The fourth-order valence-electron chi connectivity index (χ4n) is 1.91. The van der Waals surface area contributed by atoms with Crippen molar-refractivity contribution in [1.29, 1.82) is 0 Å². The smallest absolute Gasteiger partial charge is 0.176 e. The quantitative estimate of drug-likeness (QED) is 0.737. The predicted octanol–water partition coefficient (Wildman–Crippen LogP) is 2.49. The number of ether oxygens (including phenoxy) is 3. The van der Waals surface area contributed by atoms with E-state index in [-0.39, 0.29) is 11.9 Å². The highest BCUT2D eigenvalue weighted by Gasteiger charge is 2.25. The molecule has 0 aromatic heterocycles. The van der Waals surface area contributed by atoms with Crippen molar-refractivity contribution in [3.8, 4) is 5.75 Å². The minimum absolute atomic E-state index is 0.341. The van der Waals surface area contributed by atoms with Crippen LogP contribution in [0.4, 0.5) is 4.39 Å². The van der Waals surface area contributed by atoms with Crippen molar-refractivity contribution in [3.63, 3.8) is 0 Å². The molecule has 0 aliphatic carbocycles. The van der Waals surface area contributed by atoms with E-state index in [2.05, 4.69) is 5.32 Å². The van der Waals surface area contributed by atoms with Crippen LogP contribution in [0, 0.1) is 5.82 Å². The predicted molar refractivity (Wildman–Crippen MR) is 71.8 cm³/mol. The first-order valence-electron chi connectivity index (χ1n) is 6.30. The molecule has 108 valence electrons. The molecule has 1 aromatic rings. The molecule has 4 nitrogen and oxygen atoms in total. The number of hydrogen-bond acceptors (Lipinski definition) is 4. The van der Waals surface area contributed by atoms with Crippen molar-refractivity contribution < 1.29 is 18.6 Å². The van der Waals surface area contributed by atoms with Gasteiger partial charge in [-0.25, -0.2) is 4.39 Å². The molecule has 19 heavy (non-hydrogen) atoms. The number of nitrogens with one attached hydrogen (secondary N) is 1. The molecule has 1 N–H and O–H groups in total. The summed E-state index contributed by atoms with van der Waals surface area (Å²) >= 11 is 0. The standard InChI is InChI=1S/C14H22FNO3/c1-5-8-16-13(14(18-3)19-4)11-7-6-10(17-2)9-12(11)15/h6-7,9,13-14,16H,5,8H2,1-4H3. The average molecular weight is 271 g/mol. The van der Waals surface area contributed by atoms with Gasteiger partial charge < -0.3 is 19.5 Å². The zero-order valence-electron chi connectivity index (χ0n) is 11.9. The van der Waals surface area contributed by atoms with E-state index < -0.39 is 6.29 Å². The Kier molecular flexibility index (Phi) is 6.77. The molecule has 0 aliphatic rings. The van der Waals surface area contributed by atoms with Crippen LogP contribution in [-0.4, -0.2) is 34.2 Å². The van der Waals surface area contributed by atoms with Crippen LogP contribution in [0.1, 0.15) is 24.9 Å². The normalized spacial score (nSPS) is 12.7. The van der Waals surface area contributed by atoms with Gasteiger partial charge in [0.25, 0.3) is 0 Å². The van der Waals surface area contributed by atoms with E-state index in [1.807, 2.05) is 6.92 Å². The lowest BCUT2D eigenvalue weighted by Crippen LogP contribution is -2.35. The summed E-state index contributed by atoms with van der Waals surface area (Å²) in [7, 11) is 4.58. The molecule has 1 rings (SSSR count). The van der Waals surface area contributed by atoms with Crippen LogP contribution in [0.25, 0.3) is 0 Å². The third-order valence-corrected chi connectivity index (χ3v) is 2.89. The van der Waals surface area contributed by atoms with Crippen LogP contribution in [0.2, 0.25) is 0 Å². The summed E-state index contributed by atoms with van der Waals surface area (Å²) in [5, 5.41) is 3.24. The van der Waals surface area contributed by atoms with Crippen LogP contribution in [0.3, 0.4) is 0 Å². The van der Waals surface area contributed by atoms with Gasteiger partial charge in [-0.1, -0.05) is 13.0 Å². The van der Waals surface area contributed by atoms with Crippen molar-refractivity contribution in [2.75, 3.05) is 27.9 Å². The van der Waals surface area contributed by atoms with Gasteiger partial charge in [0.2, 0.25) is 0 Å². The van der Waals surface area contributed by atoms with Crippen molar-refractivity contribution in [2.24, 2.45) is 0 Å². The summed E-state index contributed by atoms with van der Waals surface area (Å²) in [6, 6.07) is 4.41. The lowest BCUT2D eigenvalue weighted by atomic mass is 10.0. The molecular weight excluding hydrogens is 249 g/mol. The van der Waals surface area contributed by atoms with Crippen LogP contribution in [-0.2, 0) is 9.47 Å². The maximum absolute atomic E-state index is 14.1. The molecule has 0 radical (unpaired) electrons. The summed E-state index contributed by atoms with van der Waals surface area (Å²) in [6.45, 7) is 2.79. The summed E-state index contributed by atoms with van der Waals surface area (Å²) in [5.74, 6) is 0.147. The number of halogens is 1. The van der Waals surface area contributed by atoms with Crippen LogP contribution < -0.4 is 10.1 Å². The molecule has 0 fully saturated rings. The minimum Gasteiger partial charge on any atom is -0.497 e. The zero-order valence-corrected chi connectivity index (χ0v) is 11.9. The van der Waals surface area contributed by atoms with Crippen LogP contribution in [0.15, 0.2) is 18.2 Å². The molecular formula is C14H22FNO3. The molecule has 0 heterocycles. The van der Waals surface area contributed by atoms with Gasteiger partial charge in [-0.15, -0.1) is 0 Å². The lowest BCUT2D eigenvalue weighted by molar-refractivity contribution is -0.124. The van der Waals surface area contributed by atoms with Gasteiger partial charge in [0.1, 0.15) is 11.6 Å². The van der Waals surface area contributed by atoms with E-state index >= 15 is 0 Å². The maximum atomic E-state index is 14.1. The summed E-state index contributed by atoms with van der Waals surface area (Å²) in [4.78, 5) is 0. The van der Waals surface area contributed by atoms with E-state index in [1.54, 1.807) is 12.1 Å². The average Bonchev–Trinajstić information content (AvgIpc) is 2.44. The Morgan fingerprint density at radius 1 is 1.21 bits per heavy atom. The van der Waals surface area contributed by atoms with Crippen LogP contribution >= 0.6 is 0 Å². The first-order chi connectivity index (χ1) is 9.17. The molecule has 0 bridgehead atoms. The number of benzene rings is 1. The van der Waals surface area contributed by atoms with Crippen molar-refractivity contribution in [1.82, 2.24) is 5.32 Å². The third kappa shape index (κ3) is 4.16. The Labute approximate surface area is 113 Å². The van der Waals surface area contributed by atoms with Gasteiger partial charge in [-0.2, -0.15) is 0 Å². The van der Waals surface area contributed by atoms with Crippen molar-refractivity contribution in [2.45, 2.75) is 25.7 Å². The second-order valence-electron chi connectivity index (χ2n) is 4.16. The first-order valence-corrected chi connectivity index (χ1v) is 6.30. The SMILES string of the molecule is CCCNC(c1ccc(OC)cc1F)C(OC)OC. The minimum atomic E-state index is -0.547. The molecule has 5 heteroatoms. The fraction of sp³-hybridized carbons (Fsp3) is 0.571. The zero-order chi connectivity index (χ0) is 14.3. The van der Waals surface area contributed by atoms with Crippen molar-refractivity contribution in [3.05, 3.63) is 29.6 Å². The van der Waals surface area contributed by atoms with Gasteiger partial charge in [-0.05, 0) is 19.0 Å². The fourth-order valence-corrected chi connectivity index (χ4v) is 1.91. The van der Waals surface area contributed by atoms with Crippen LogP contribution in [0.5, 0.6) is 5.75 Å². The Morgan fingerprint density at radius 3 is 2.37 bits per heavy atom. The van der Waals surface area contributed by atoms with E-state index in [4.69, 9.17) is 14.2 Å². The van der Waals surface area contributed by atoms with Gasteiger partial charge >= 0.3 is 0 Å². The highest BCUT2D eigenvalue weighted by molar-refractivity contribution is 5.31. The molecule has 0 saturated heterocycles. The van der Waals surface area contributed by atoms with E-state index in [0.717, 1.165) is 13.0 Å². The number of hydrogen-bond donors (Lipinski definition) is 1. The second kappa shape index (κ2) is 8.09. The van der Waals surface area contributed by atoms with Crippen molar-refractivity contribution >= 4 is 0 Å². The molecule has 1 unspecified atom stereocenters. The Balaban J connectivity index is 3.01. The Hall–Kier alpha value is -1.17. The number of methoxy groups -OCH3 is 3. The number of rotatable bonds is 8. The monoisotopic (exact) mass is 271 g/mol. The molecule has 0 amide bonds. The van der Waals surface area contributed by atoms with Gasteiger partial charge in [-0.3, -0.25) is 0 Å². The summed E-state index contributed by atoms with van der Waals surface area (Å²) in [6.07, 6.45) is 0.392. The van der Waals surface area contributed by atoms with Gasteiger partial charge in [0.05, 0.1) is 13.2 Å². The van der Waals surface area contributed by atoms with E-state index in [9.17, 15) is 4.39 Å². The second-order valence-corrected chi connectivity index (χ2v) is 4.16. The maximum Gasteiger partial charge on any atom is 0.176 e.